The number of methoxy groups -OCH3 is 1. The van der Waals surface area contributed by atoms with Gasteiger partial charge in [-0.05, 0) is 47.4 Å². The van der Waals surface area contributed by atoms with Crippen molar-refractivity contribution >= 4 is 32.7 Å². The van der Waals surface area contributed by atoms with Gasteiger partial charge in [0.15, 0.2) is 5.34 Å². The minimum Gasteiger partial charge on any atom is -0.465 e. The molecule has 2 aromatic rings. The lowest BCUT2D eigenvalue weighted by Gasteiger charge is -2.04. The summed E-state index contributed by atoms with van der Waals surface area (Å²) in [5.41, 5.74) is 0.396. The van der Waals surface area contributed by atoms with Crippen molar-refractivity contribution in [2.45, 2.75) is 20.3 Å². The molecular formula is C17H19BrFNO4. The van der Waals surface area contributed by atoms with Crippen molar-refractivity contribution in [1.82, 2.24) is 0 Å². The molecule has 0 saturated carbocycles. The Morgan fingerprint density at radius 1 is 1.29 bits per heavy atom. The van der Waals surface area contributed by atoms with E-state index in [1.807, 2.05) is 0 Å². The molecule has 0 aliphatic rings. The van der Waals surface area contributed by atoms with Crippen molar-refractivity contribution in [3.05, 3.63) is 51.1 Å². The second-order valence-corrected chi connectivity index (χ2v) is 6.26. The molecule has 0 radical (unpaired) electrons. The molecule has 130 valence electrons. The molecule has 0 aromatic heterocycles. The predicted octanol–water partition coefficient (Wildman–Crippen LogP) is 5.26. The summed E-state index contributed by atoms with van der Waals surface area (Å²) >= 11 is 3.34. The maximum absolute atomic E-state index is 13.1. The summed E-state index contributed by atoms with van der Waals surface area (Å²) in [6, 6.07) is 7.69. The fourth-order valence-corrected chi connectivity index (χ4v) is 2.46. The molecule has 0 unspecified atom stereocenters. The lowest BCUT2D eigenvalue weighted by molar-refractivity contribution is 0.0601. The minimum atomic E-state index is -0.438. The van der Waals surface area contributed by atoms with E-state index in [-0.39, 0.29) is 5.82 Å². The van der Waals surface area contributed by atoms with Gasteiger partial charge in [0, 0.05) is 4.47 Å². The average molecular weight is 400 g/mol. The van der Waals surface area contributed by atoms with Crippen LogP contribution in [0.1, 0.15) is 30.6 Å². The van der Waals surface area contributed by atoms with E-state index in [1.165, 1.54) is 19.2 Å². The zero-order valence-corrected chi connectivity index (χ0v) is 15.3. The molecular weight excluding hydrogens is 381 g/mol. The molecule has 0 N–H and O–H groups in total. The van der Waals surface area contributed by atoms with Crippen LogP contribution in [0.15, 0.2) is 40.1 Å². The molecule has 7 heteroatoms. The Kier molecular flexibility index (Phi) is 8.32. The number of benzene rings is 2. The maximum atomic E-state index is 13.1. The standard InChI is InChI=1S/C12H8BrFO2.C5H11NO2/c1-16-12(15)8-4-7-5-9(14)2-3-10(7)11(13)6-8;1-5(2)3-4-8-6-7/h2-6H,1H3;5H,3-4H2,1-2H3. The minimum absolute atomic E-state index is 0.332. The van der Waals surface area contributed by atoms with Crippen molar-refractivity contribution in [3.8, 4) is 0 Å². The highest BCUT2D eigenvalue weighted by atomic mass is 79.9. The van der Waals surface area contributed by atoms with E-state index < -0.39 is 5.97 Å². The molecule has 0 aliphatic carbocycles. The second kappa shape index (κ2) is 9.97. The van der Waals surface area contributed by atoms with Crippen LogP contribution in [0.5, 0.6) is 0 Å². The molecule has 0 fully saturated rings. The average Bonchev–Trinajstić information content (AvgIpc) is 2.54. The van der Waals surface area contributed by atoms with Gasteiger partial charge in [-0.1, -0.05) is 35.8 Å². The van der Waals surface area contributed by atoms with Gasteiger partial charge in [0.2, 0.25) is 0 Å². The quantitative estimate of drug-likeness (QED) is 0.297. The van der Waals surface area contributed by atoms with Gasteiger partial charge in [-0.25, -0.2) is 9.18 Å². The summed E-state index contributed by atoms with van der Waals surface area (Å²) in [7, 11) is 1.31. The number of fused-ring (bicyclic) bond motifs is 1. The molecule has 24 heavy (non-hydrogen) atoms. The van der Waals surface area contributed by atoms with Crippen molar-refractivity contribution in [2.24, 2.45) is 11.3 Å². The zero-order valence-electron chi connectivity index (χ0n) is 13.7. The van der Waals surface area contributed by atoms with Crippen LogP contribution in [0.2, 0.25) is 0 Å². The summed E-state index contributed by atoms with van der Waals surface area (Å²) in [6.45, 7) is 4.57. The number of carbonyl (C=O) groups excluding carboxylic acids is 1. The van der Waals surface area contributed by atoms with Gasteiger partial charge in [0.25, 0.3) is 0 Å². The lowest BCUT2D eigenvalue weighted by Crippen LogP contribution is -2.01. The summed E-state index contributed by atoms with van der Waals surface area (Å²) in [6.07, 6.45) is 0.895. The van der Waals surface area contributed by atoms with E-state index in [9.17, 15) is 14.1 Å². The Balaban J connectivity index is 0.000000307. The van der Waals surface area contributed by atoms with Crippen LogP contribution in [0.25, 0.3) is 10.8 Å². The summed E-state index contributed by atoms with van der Waals surface area (Å²) in [5, 5.41) is 3.78. The van der Waals surface area contributed by atoms with E-state index in [0.717, 1.165) is 16.3 Å². The van der Waals surface area contributed by atoms with Gasteiger partial charge < -0.3 is 9.57 Å². The van der Waals surface area contributed by atoms with Crippen LogP contribution in [-0.2, 0) is 9.57 Å². The lowest BCUT2D eigenvalue weighted by atomic mass is 10.1. The Labute approximate surface area is 148 Å². The van der Waals surface area contributed by atoms with E-state index in [2.05, 4.69) is 44.7 Å². The zero-order chi connectivity index (χ0) is 18.1. The first-order chi connectivity index (χ1) is 11.4. The van der Waals surface area contributed by atoms with E-state index in [4.69, 9.17) is 0 Å². The highest BCUT2D eigenvalue weighted by Crippen LogP contribution is 2.26. The molecule has 0 saturated heterocycles. The summed E-state index contributed by atoms with van der Waals surface area (Å²) in [5.74, 6) is -0.190. The van der Waals surface area contributed by atoms with Crippen LogP contribution >= 0.6 is 15.9 Å². The van der Waals surface area contributed by atoms with E-state index in [1.54, 1.807) is 18.2 Å². The number of rotatable bonds is 5. The monoisotopic (exact) mass is 399 g/mol. The number of ether oxygens (including phenoxy) is 1. The maximum Gasteiger partial charge on any atom is 0.337 e. The summed E-state index contributed by atoms with van der Waals surface area (Å²) < 4.78 is 18.4. The molecule has 0 aliphatic heterocycles. The Bertz CT molecular complexity index is 706. The Hall–Kier alpha value is -2.02. The highest BCUT2D eigenvalue weighted by molar-refractivity contribution is 9.10. The molecule has 5 nitrogen and oxygen atoms in total. The molecule has 0 amide bonds. The van der Waals surface area contributed by atoms with Crippen molar-refractivity contribution in [2.75, 3.05) is 13.7 Å². The molecule has 0 heterocycles. The van der Waals surface area contributed by atoms with Gasteiger partial charge in [0.05, 0.1) is 12.7 Å². The smallest absolute Gasteiger partial charge is 0.337 e. The van der Waals surface area contributed by atoms with Gasteiger partial charge in [0.1, 0.15) is 12.4 Å². The van der Waals surface area contributed by atoms with E-state index in [0.29, 0.717) is 23.5 Å². The van der Waals surface area contributed by atoms with Gasteiger partial charge in [-0.3, -0.25) is 0 Å². The normalized spacial score (nSPS) is 10.1. The van der Waals surface area contributed by atoms with Gasteiger partial charge in [-0.15, -0.1) is 4.91 Å². The van der Waals surface area contributed by atoms with Gasteiger partial charge in [-0.2, -0.15) is 0 Å². The number of nitrogens with zero attached hydrogens (tertiary/aromatic N) is 1. The first-order valence-corrected chi connectivity index (χ1v) is 8.10. The Morgan fingerprint density at radius 2 is 2.00 bits per heavy atom. The van der Waals surface area contributed by atoms with Crippen molar-refractivity contribution in [1.29, 1.82) is 0 Å². The molecule has 2 aromatic carbocycles. The van der Waals surface area contributed by atoms with Crippen LogP contribution in [0, 0.1) is 16.6 Å². The Morgan fingerprint density at radius 3 is 2.58 bits per heavy atom. The largest absolute Gasteiger partial charge is 0.465 e. The molecule has 0 bridgehead atoms. The topological polar surface area (TPSA) is 65.0 Å². The molecule has 0 atom stereocenters. The third kappa shape index (κ3) is 6.23. The summed E-state index contributed by atoms with van der Waals surface area (Å²) in [4.78, 5) is 24.9. The third-order valence-electron chi connectivity index (χ3n) is 3.12. The number of carbonyl (C=O) groups is 1. The van der Waals surface area contributed by atoms with Crippen LogP contribution in [0.4, 0.5) is 4.39 Å². The first kappa shape index (κ1) is 20.0. The molecule has 2 rings (SSSR count). The van der Waals surface area contributed by atoms with Gasteiger partial charge >= 0.3 is 5.97 Å². The van der Waals surface area contributed by atoms with Crippen LogP contribution in [-0.4, -0.2) is 19.7 Å². The predicted molar refractivity (Wildman–Crippen MR) is 94.1 cm³/mol. The van der Waals surface area contributed by atoms with Crippen molar-refractivity contribution < 1.29 is 18.8 Å². The van der Waals surface area contributed by atoms with Crippen LogP contribution < -0.4 is 0 Å². The van der Waals surface area contributed by atoms with Crippen LogP contribution in [0.3, 0.4) is 0 Å². The number of esters is 1. The first-order valence-electron chi connectivity index (χ1n) is 7.30. The van der Waals surface area contributed by atoms with Crippen molar-refractivity contribution in [3.63, 3.8) is 0 Å². The third-order valence-corrected chi connectivity index (χ3v) is 3.78. The molecule has 0 spiro atoms. The highest BCUT2D eigenvalue weighted by Gasteiger charge is 2.09. The second-order valence-electron chi connectivity index (χ2n) is 5.41. The number of hydrogen-bond donors (Lipinski definition) is 0. The fraction of sp³-hybridized carbons (Fsp3) is 0.353. The van der Waals surface area contributed by atoms with E-state index >= 15 is 0 Å². The number of halogens is 2. The fourth-order valence-electron chi connectivity index (χ4n) is 1.86. The SMILES string of the molecule is CC(C)CCON=O.COC(=O)c1cc(Br)c2ccc(F)cc2c1. The number of hydrogen-bond acceptors (Lipinski definition) is 5.